The zero-order chi connectivity index (χ0) is 14.3. The number of hydrogen-bond donors (Lipinski definition) is 1. The maximum Gasteiger partial charge on any atom is 0.169 e. The summed E-state index contributed by atoms with van der Waals surface area (Å²) in [6, 6.07) is 3.70. The number of rotatable bonds is 1. The summed E-state index contributed by atoms with van der Waals surface area (Å²) in [6.07, 6.45) is 5.64. The van der Waals surface area contributed by atoms with Crippen molar-refractivity contribution >= 4 is 0 Å². The van der Waals surface area contributed by atoms with E-state index in [0.29, 0.717) is 5.56 Å². The lowest BCUT2D eigenvalue weighted by Gasteiger charge is -2.46. The fourth-order valence-electron chi connectivity index (χ4n) is 4.21. The fraction of sp³-hybridized carbons (Fsp3) is 0.647. The van der Waals surface area contributed by atoms with Gasteiger partial charge in [-0.3, -0.25) is 0 Å². The standard InChI is InChI=1S/C17H23FO2/c1-17-9-5-3-4-6-12(16(17)19)10-11-7-8-13(20-2)15(18)14(11)17/h7-8,12,16,19H,3-6,9-10H2,1-2H3. The highest BCUT2D eigenvalue weighted by molar-refractivity contribution is 5.45. The molecule has 2 aliphatic carbocycles. The average Bonchev–Trinajstić information content (AvgIpc) is 2.43. The summed E-state index contributed by atoms with van der Waals surface area (Å²) >= 11 is 0. The van der Waals surface area contributed by atoms with Gasteiger partial charge in [0.1, 0.15) is 0 Å². The summed E-state index contributed by atoms with van der Waals surface area (Å²) < 4.78 is 19.9. The van der Waals surface area contributed by atoms with Crippen molar-refractivity contribution in [1.82, 2.24) is 0 Å². The molecule has 0 amide bonds. The number of aliphatic hydroxyl groups excluding tert-OH is 1. The predicted octanol–water partition coefficient (Wildman–Crippen LogP) is 3.59. The maximum absolute atomic E-state index is 14.8. The maximum atomic E-state index is 14.8. The first kappa shape index (κ1) is 13.9. The molecule has 2 nitrogen and oxygen atoms in total. The van der Waals surface area contributed by atoms with Crippen LogP contribution in [0.4, 0.5) is 4.39 Å². The van der Waals surface area contributed by atoms with Crippen molar-refractivity contribution in [2.75, 3.05) is 7.11 Å². The minimum Gasteiger partial charge on any atom is -0.494 e. The Morgan fingerprint density at radius 3 is 2.85 bits per heavy atom. The smallest absolute Gasteiger partial charge is 0.169 e. The number of methoxy groups -OCH3 is 1. The van der Waals surface area contributed by atoms with E-state index in [1.807, 2.05) is 13.0 Å². The molecule has 1 aromatic carbocycles. The Balaban J connectivity index is 2.17. The molecule has 1 aromatic rings. The van der Waals surface area contributed by atoms with Crippen LogP contribution in [0.5, 0.6) is 5.75 Å². The molecule has 1 fully saturated rings. The first-order valence-electron chi connectivity index (χ1n) is 7.62. The first-order chi connectivity index (χ1) is 9.58. The van der Waals surface area contributed by atoms with Gasteiger partial charge in [0.05, 0.1) is 13.2 Å². The van der Waals surface area contributed by atoms with Crippen LogP contribution in [0.1, 0.15) is 50.2 Å². The summed E-state index contributed by atoms with van der Waals surface area (Å²) in [5, 5.41) is 10.8. The van der Waals surface area contributed by atoms with Gasteiger partial charge in [-0.1, -0.05) is 32.3 Å². The molecule has 3 unspecified atom stereocenters. The Bertz CT molecular complexity index is 514. The summed E-state index contributed by atoms with van der Waals surface area (Å²) in [5.74, 6) is 0.281. The fourth-order valence-corrected chi connectivity index (χ4v) is 4.21. The number of benzene rings is 1. The molecule has 0 spiro atoms. The van der Waals surface area contributed by atoms with Crippen molar-refractivity contribution < 1.29 is 14.2 Å². The Morgan fingerprint density at radius 1 is 1.30 bits per heavy atom. The molecule has 1 saturated carbocycles. The highest BCUT2D eigenvalue weighted by Crippen LogP contribution is 2.48. The molecule has 110 valence electrons. The van der Waals surface area contributed by atoms with E-state index in [1.165, 1.54) is 20.0 Å². The molecule has 2 aliphatic rings. The van der Waals surface area contributed by atoms with Gasteiger partial charge in [0.15, 0.2) is 11.6 Å². The van der Waals surface area contributed by atoms with E-state index in [0.717, 1.165) is 31.2 Å². The number of ether oxygens (including phenoxy) is 1. The number of halogens is 1. The average molecular weight is 278 g/mol. The summed E-state index contributed by atoms with van der Waals surface area (Å²) in [4.78, 5) is 0. The monoisotopic (exact) mass is 278 g/mol. The van der Waals surface area contributed by atoms with Gasteiger partial charge in [-0.05, 0) is 36.8 Å². The third kappa shape index (κ3) is 1.95. The summed E-state index contributed by atoms with van der Waals surface area (Å²) in [7, 11) is 1.49. The van der Waals surface area contributed by atoms with Crippen LogP contribution in [0, 0.1) is 11.7 Å². The molecule has 2 bridgehead atoms. The Hall–Kier alpha value is -1.09. The van der Waals surface area contributed by atoms with E-state index in [1.54, 1.807) is 6.07 Å². The van der Waals surface area contributed by atoms with Crippen LogP contribution in [-0.4, -0.2) is 18.3 Å². The number of fused-ring (bicyclic) bond motifs is 4. The van der Waals surface area contributed by atoms with Crippen LogP contribution in [0.15, 0.2) is 12.1 Å². The number of hydrogen-bond acceptors (Lipinski definition) is 2. The third-order valence-electron chi connectivity index (χ3n) is 5.34. The molecule has 0 radical (unpaired) electrons. The molecule has 20 heavy (non-hydrogen) atoms. The third-order valence-corrected chi connectivity index (χ3v) is 5.34. The van der Waals surface area contributed by atoms with Gasteiger partial charge in [0, 0.05) is 11.0 Å². The molecule has 3 heteroatoms. The molecule has 0 aliphatic heterocycles. The van der Waals surface area contributed by atoms with Crippen LogP contribution < -0.4 is 4.74 Å². The van der Waals surface area contributed by atoms with Crippen molar-refractivity contribution in [2.24, 2.45) is 5.92 Å². The zero-order valence-electron chi connectivity index (χ0n) is 12.3. The lowest BCUT2D eigenvalue weighted by atomic mass is 9.61. The second-order valence-corrected chi connectivity index (χ2v) is 6.54. The van der Waals surface area contributed by atoms with E-state index in [-0.39, 0.29) is 17.5 Å². The largest absolute Gasteiger partial charge is 0.494 e. The molecule has 0 heterocycles. The predicted molar refractivity (Wildman–Crippen MR) is 76.6 cm³/mol. The lowest BCUT2D eigenvalue weighted by molar-refractivity contribution is 0.00680. The highest BCUT2D eigenvalue weighted by Gasteiger charge is 2.46. The van der Waals surface area contributed by atoms with Crippen LogP contribution >= 0.6 is 0 Å². The second-order valence-electron chi connectivity index (χ2n) is 6.54. The SMILES string of the molecule is COc1ccc2c(c1F)C1(C)CCCCCC(C2)C1O. The van der Waals surface area contributed by atoms with Crippen molar-refractivity contribution in [3.05, 3.63) is 29.1 Å². The van der Waals surface area contributed by atoms with Gasteiger partial charge in [-0.15, -0.1) is 0 Å². The van der Waals surface area contributed by atoms with Gasteiger partial charge in [-0.25, -0.2) is 4.39 Å². The molecule has 1 N–H and O–H groups in total. The number of aliphatic hydroxyl groups is 1. The second kappa shape index (κ2) is 5.03. The highest BCUT2D eigenvalue weighted by atomic mass is 19.1. The van der Waals surface area contributed by atoms with E-state index in [9.17, 15) is 9.50 Å². The van der Waals surface area contributed by atoms with Gasteiger partial charge in [0.2, 0.25) is 0 Å². The van der Waals surface area contributed by atoms with Crippen molar-refractivity contribution in [1.29, 1.82) is 0 Å². The minimum atomic E-state index is -0.475. The summed E-state index contributed by atoms with van der Waals surface area (Å²) in [6.45, 7) is 2.02. The Morgan fingerprint density at radius 2 is 2.10 bits per heavy atom. The van der Waals surface area contributed by atoms with Crippen LogP contribution in [-0.2, 0) is 11.8 Å². The molecular formula is C17H23FO2. The zero-order valence-corrected chi connectivity index (χ0v) is 12.3. The normalized spacial score (nSPS) is 33.0. The van der Waals surface area contributed by atoms with Crippen LogP contribution in [0.3, 0.4) is 0 Å². The molecule has 3 atom stereocenters. The molecule has 0 aromatic heterocycles. The van der Waals surface area contributed by atoms with E-state index < -0.39 is 11.5 Å². The van der Waals surface area contributed by atoms with Gasteiger partial charge < -0.3 is 9.84 Å². The van der Waals surface area contributed by atoms with Crippen molar-refractivity contribution in [2.45, 2.75) is 57.0 Å². The van der Waals surface area contributed by atoms with Gasteiger partial charge in [0.25, 0.3) is 0 Å². The van der Waals surface area contributed by atoms with E-state index >= 15 is 0 Å². The van der Waals surface area contributed by atoms with Crippen LogP contribution in [0.2, 0.25) is 0 Å². The Labute approximate surface area is 120 Å². The first-order valence-corrected chi connectivity index (χ1v) is 7.62. The van der Waals surface area contributed by atoms with E-state index in [2.05, 4.69) is 0 Å². The van der Waals surface area contributed by atoms with Crippen molar-refractivity contribution in [3.8, 4) is 5.75 Å². The molecule has 0 saturated heterocycles. The minimum absolute atomic E-state index is 0.264. The summed E-state index contributed by atoms with van der Waals surface area (Å²) in [5.41, 5.74) is 1.28. The quantitative estimate of drug-likeness (QED) is 0.850. The topological polar surface area (TPSA) is 29.5 Å². The molecular weight excluding hydrogens is 255 g/mol. The Kier molecular flexibility index (Phi) is 3.49. The molecule has 3 rings (SSSR count). The van der Waals surface area contributed by atoms with Gasteiger partial charge >= 0.3 is 0 Å². The van der Waals surface area contributed by atoms with Gasteiger partial charge in [-0.2, -0.15) is 0 Å². The van der Waals surface area contributed by atoms with Crippen molar-refractivity contribution in [3.63, 3.8) is 0 Å². The van der Waals surface area contributed by atoms with E-state index in [4.69, 9.17) is 4.74 Å². The lowest BCUT2D eigenvalue weighted by Crippen LogP contribution is -2.48. The van der Waals surface area contributed by atoms with Crippen LogP contribution in [0.25, 0.3) is 0 Å².